The molecular formula is C22H20F6N4. The predicted octanol–water partition coefficient (Wildman–Crippen LogP) is 5.62. The summed E-state index contributed by atoms with van der Waals surface area (Å²) in [5, 5.41) is 8.21. The molecule has 1 atom stereocenters. The third kappa shape index (κ3) is 4.50. The first kappa shape index (κ1) is 22.3. The number of alkyl halides is 6. The van der Waals surface area contributed by atoms with Crippen molar-refractivity contribution in [2.75, 3.05) is 6.54 Å². The highest BCUT2D eigenvalue weighted by Crippen LogP contribution is 2.38. The Labute approximate surface area is 180 Å². The van der Waals surface area contributed by atoms with Gasteiger partial charge in [-0.3, -0.25) is 4.90 Å². The van der Waals surface area contributed by atoms with E-state index < -0.39 is 29.5 Å². The van der Waals surface area contributed by atoms with Crippen LogP contribution in [0.25, 0.3) is 0 Å². The first-order valence-corrected chi connectivity index (χ1v) is 9.99. The van der Waals surface area contributed by atoms with Crippen molar-refractivity contribution in [1.82, 2.24) is 19.7 Å². The molecule has 0 saturated carbocycles. The van der Waals surface area contributed by atoms with Gasteiger partial charge in [0.1, 0.15) is 6.33 Å². The van der Waals surface area contributed by atoms with Crippen LogP contribution in [-0.2, 0) is 25.4 Å². The van der Waals surface area contributed by atoms with Gasteiger partial charge in [0.05, 0.1) is 17.2 Å². The van der Waals surface area contributed by atoms with Crippen LogP contribution in [0, 0.1) is 6.92 Å². The summed E-state index contributed by atoms with van der Waals surface area (Å²) in [6, 6.07) is 8.80. The number of rotatable bonds is 3. The highest BCUT2D eigenvalue weighted by atomic mass is 19.4. The molecule has 10 heteroatoms. The lowest BCUT2D eigenvalue weighted by Gasteiger charge is -2.30. The summed E-state index contributed by atoms with van der Waals surface area (Å²) >= 11 is 0. The zero-order chi connectivity index (χ0) is 23.1. The van der Waals surface area contributed by atoms with E-state index in [0.29, 0.717) is 25.3 Å². The van der Waals surface area contributed by atoms with E-state index in [1.165, 1.54) is 0 Å². The van der Waals surface area contributed by atoms with E-state index in [4.69, 9.17) is 0 Å². The second kappa shape index (κ2) is 8.23. The fourth-order valence-corrected chi connectivity index (χ4v) is 4.13. The normalized spacial score (nSPS) is 17.8. The van der Waals surface area contributed by atoms with Crippen molar-refractivity contribution >= 4 is 0 Å². The maximum absolute atomic E-state index is 13.3. The Kier molecular flexibility index (Phi) is 5.74. The number of benzene rings is 2. The number of hydrogen-bond donors (Lipinski definition) is 0. The zero-order valence-electron chi connectivity index (χ0n) is 17.1. The molecule has 3 aromatic rings. The standard InChI is InChI=1S/C22H20F6N4/c1-14-5-2-3-6-18(14)19-20-30-29-13-32(20)8-4-7-31(19)12-15-9-16(21(23,24)25)11-17(10-15)22(26,27)28/h2-3,5-6,9-11,13,19H,4,7-8,12H2,1H3. The van der Waals surface area contributed by atoms with E-state index in [9.17, 15) is 26.3 Å². The molecule has 0 aliphatic carbocycles. The summed E-state index contributed by atoms with van der Waals surface area (Å²) in [7, 11) is 0. The molecule has 2 aromatic carbocycles. The second-order valence-corrected chi connectivity index (χ2v) is 7.88. The van der Waals surface area contributed by atoms with Gasteiger partial charge in [-0.1, -0.05) is 24.3 Å². The fraction of sp³-hybridized carbons (Fsp3) is 0.364. The molecule has 0 radical (unpaired) electrons. The molecule has 1 aliphatic rings. The van der Waals surface area contributed by atoms with Crippen LogP contribution in [0.3, 0.4) is 0 Å². The molecule has 0 amide bonds. The highest BCUT2D eigenvalue weighted by molar-refractivity contribution is 5.36. The molecule has 4 nitrogen and oxygen atoms in total. The largest absolute Gasteiger partial charge is 0.416 e. The molecule has 32 heavy (non-hydrogen) atoms. The first-order valence-electron chi connectivity index (χ1n) is 9.99. The Morgan fingerprint density at radius 3 is 2.22 bits per heavy atom. The number of hydrogen-bond acceptors (Lipinski definition) is 3. The van der Waals surface area contributed by atoms with Gasteiger partial charge >= 0.3 is 12.4 Å². The van der Waals surface area contributed by atoms with Crippen LogP contribution in [0.15, 0.2) is 48.8 Å². The summed E-state index contributed by atoms with van der Waals surface area (Å²) in [4.78, 5) is 1.87. The number of aryl methyl sites for hydroxylation is 2. The molecule has 1 aromatic heterocycles. The molecule has 2 heterocycles. The zero-order valence-corrected chi connectivity index (χ0v) is 17.1. The van der Waals surface area contributed by atoms with Crippen molar-refractivity contribution in [3.8, 4) is 0 Å². The molecule has 0 bridgehead atoms. The SMILES string of the molecule is Cc1ccccc1C1c2nncn2CCCN1Cc1cc(C(F)(F)F)cc(C(F)(F)F)c1. The Hall–Kier alpha value is -2.88. The average molecular weight is 454 g/mol. The number of nitrogens with zero attached hydrogens (tertiary/aromatic N) is 4. The summed E-state index contributed by atoms with van der Waals surface area (Å²) in [5.74, 6) is 0.611. The van der Waals surface area contributed by atoms with Crippen LogP contribution < -0.4 is 0 Å². The van der Waals surface area contributed by atoms with Crippen LogP contribution in [-0.4, -0.2) is 26.2 Å². The summed E-state index contributed by atoms with van der Waals surface area (Å²) in [6.07, 6.45) is -7.52. The van der Waals surface area contributed by atoms with E-state index in [2.05, 4.69) is 10.2 Å². The van der Waals surface area contributed by atoms with Gasteiger partial charge in [0.2, 0.25) is 0 Å². The molecule has 1 aliphatic heterocycles. The molecule has 1 unspecified atom stereocenters. The monoisotopic (exact) mass is 454 g/mol. The minimum Gasteiger partial charge on any atom is -0.316 e. The fourth-order valence-electron chi connectivity index (χ4n) is 4.13. The number of aromatic nitrogens is 3. The Bertz CT molecular complexity index is 1070. The van der Waals surface area contributed by atoms with Crippen LogP contribution in [0.5, 0.6) is 0 Å². The molecule has 0 fully saturated rings. The van der Waals surface area contributed by atoms with E-state index in [0.717, 1.165) is 23.3 Å². The van der Waals surface area contributed by atoms with Gasteiger partial charge in [-0.05, 0) is 48.2 Å². The van der Waals surface area contributed by atoms with Crippen LogP contribution >= 0.6 is 0 Å². The van der Waals surface area contributed by atoms with E-state index in [1.807, 2.05) is 40.7 Å². The lowest BCUT2D eigenvalue weighted by Crippen LogP contribution is -2.31. The minimum absolute atomic E-state index is 0.0568. The predicted molar refractivity (Wildman–Crippen MR) is 105 cm³/mol. The lowest BCUT2D eigenvalue weighted by molar-refractivity contribution is -0.143. The van der Waals surface area contributed by atoms with Gasteiger partial charge in [0, 0.05) is 19.6 Å². The highest BCUT2D eigenvalue weighted by Gasteiger charge is 2.38. The number of fused-ring (bicyclic) bond motifs is 1. The van der Waals surface area contributed by atoms with E-state index >= 15 is 0 Å². The summed E-state index contributed by atoms with van der Waals surface area (Å²) in [6.45, 7) is 2.89. The van der Waals surface area contributed by atoms with Gasteiger partial charge in [-0.25, -0.2) is 0 Å². The molecule has 4 rings (SSSR count). The van der Waals surface area contributed by atoms with E-state index in [-0.39, 0.29) is 18.2 Å². The van der Waals surface area contributed by atoms with Crippen LogP contribution in [0.4, 0.5) is 26.3 Å². The lowest BCUT2D eigenvalue weighted by atomic mass is 9.98. The second-order valence-electron chi connectivity index (χ2n) is 7.88. The first-order chi connectivity index (χ1) is 15.0. The Morgan fingerprint density at radius 1 is 0.938 bits per heavy atom. The average Bonchev–Trinajstić information content (AvgIpc) is 3.09. The van der Waals surface area contributed by atoms with Crippen molar-refractivity contribution in [2.24, 2.45) is 0 Å². The van der Waals surface area contributed by atoms with Crippen molar-refractivity contribution in [3.05, 3.63) is 82.4 Å². The number of halogens is 6. The molecule has 0 N–H and O–H groups in total. The topological polar surface area (TPSA) is 34.0 Å². The van der Waals surface area contributed by atoms with Crippen molar-refractivity contribution in [3.63, 3.8) is 0 Å². The van der Waals surface area contributed by atoms with Crippen LogP contribution in [0.1, 0.15) is 46.1 Å². The third-order valence-electron chi connectivity index (χ3n) is 5.62. The Morgan fingerprint density at radius 2 is 1.59 bits per heavy atom. The summed E-state index contributed by atoms with van der Waals surface area (Å²) < 4.78 is 81.8. The molecule has 0 saturated heterocycles. The van der Waals surface area contributed by atoms with Gasteiger partial charge in [-0.15, -0.1) is 10.2 Å². The van der Waals surface area contributed by atoms with Gasteiger partial charge in [0.25, 0.3) is 0 Å². The van der Waals surface area contributed by atoms with Gasteiger partial charge in [-0.2, -0.15) is 26.3 Å². The van der Waals surface area contributed by atoms with E-state index in [1.54, 1.807) is 6.33 Å². The van der Waals surface area contributed by atoms with Gasteiger partial charge < -0.3 is 4.57 Å². The maximum Gasteiger partial charge on any atom is 0.416 e. The molecule has 170 valence electrons. The van der Waals surface area contributed by atoms with Crippen molar-refractivity contribution < 1.29 is 26.3 Å². The van der Waals surface area contributed by atoms with Crippen molar-refractivity contribution in [1.29, 1.82) is 0 Å². The Balaban J connectivity index is 1.79. The molecular weight excluding hydrogens is 434 g/mol. The maximum atomic E-state index is 13.3. The third-order valence-corrected chi connectivity index (χ3v) is 5.62. The van der Waals surface area contributed by atoms with Crippen molar-refractivity contribution in [2.45, 2.75) is 44.8 Å². The smallest absolute Gasteiger partial charge is 0.316 e. The molecule has 0 spiro atoms. The summed E-state index contributed by atoms with van der Waals surface area (Å²) in [5.41, 5.74) is -0.857. The van der Waals surface area contributed by atoms with Crippen LogP contribution in [0.2, 0.25) is 0 Å². The quantitative estimate of drug-likeness (QED) is 0.482. The van der Waals surface area contributed by atoms with Gasteiger partial charge in [0.15, 0.2) is 5.82 Å². The minimum atomic E-state index is -4.88.